The highest BCUT2D eigenvalue weighted by atomic mass is 16.3. The Hall–Kier alpha value is -3.01. The SMILES string of the molecule is C=C/C(O)=C\C=C(/C)c1c[nH]c(C)c1/C=C(\C=C)c1cnc[nH]1. The number of hydrogen-bond acceptors (Lipinski definition) is 2. The summed E-state index contributed by atoms with van der Waals surface area (Å²) in [5, 5.41) is 9.49. The first kappa shape index (κ1) is 16.4. The second-order valence-corrected chi connectivity index (χ2v) is 5.16. The molecule has 4 heteroatoms. The average Bonchev–Trinajstić information content (AvgIpc) is 3.20. The molecule has 0 aliphatic heterocycles. The monoisotopic (exact) mass is 307 g/mol. The summed E-state index contributed by atoms with van der Waals surface area (Å²) in [5.41, 5.74) is 6.11. The van der Waals surface area contributed by atoms with Gasteiger partial charge in [0.15, 0.2) is 0 Å². The largest absolute Gasteiger partial charge is 0.508 e. The molecule has 0 fully saturated rings. The van der Waals surface area contributed by atoms with Crippen molar-refractivity contribution in [2.24, 2.45) is 0 Å². The van der Waals surface area contributed by atoms with Gasteiger partial charge in [0.25, 0.3) is 0 Å². The molecule has 0 bridgehead atoms. The molecule has 0 aliphatic rings. The van der Waals surface area contributed by atoms with Crippen LogP contribution in [0.25, 0.3) is 17.2 Å². The van der Waals surface area contributed by atoms with Gasteiger partial charge in [-0.15, -0.1) is 0 Å². The second kappa shape index (κ2) is 7.31. The molecule has 0 radical (unpaired) electrons. The van der Waals surface area contributed by atoms with Gasteiger partial charge in [0.1, 0.15) is 5.76 Å². The van der Waals surface area contributed by atoms with Gasteiger partial charge >= 0.3 is 0 Å². The van der Waals surface area contributed by atoms with E-state index in [0.29, 0.717) is 0 Å². The van der Waals surface area contributed by atoms with Gasteiger partial charge in [-0.1, -0.05) is 25.3 Å². The average molecular weight is 307 g/mol. The normalized spacial score (nSPS) is 13.2. The molecule has 0 atom stereocenters. The van der Waals surface area contributed by atoms with E-state index in [9.17, 15) is 5.11 Å². The number of aliphatic hydroxyl groups is 1. The second-order valence-electron chi connectivity index (χ2n) is 5.16. The smallest absolute Gasteiger partial charge is 0.114 e. The van der Waals surface area contributed by atoms with Crippen LogP contribution in [-0.4, -0.2) is 20.1 Å². The number of nitrogens with one attached hydrogen (secondary N) is 2. The molecular weight excluding hydrogens is 286 g/mol. The molecule has 2 aromatic heterocycles. The molecular formula is C19H21N3O. The van der Waals surface area contributed by atoms with Gasteiger partial charge in [0.2, 0.25) is 0 Å². The van der Waals surface area contributed by atoms with Crippen LogP contribution in [0.2, 0.25) is 0 Å². The van der Waals surface area contributed by atoms with E-state index >= 15 is 0 Å². The lowest BCUT2D eigenvalue weighted by Crippen LogP contribution is -1.86. The zero-order valence-corrected chi connectivity index (χ0v) is 13.4. The fraction of sp³-hybridized carbons (Fsp3) is 0.105. The molecule has 3 N–H and O–H groups in total. The Balaban J connectivity index is 2.47. The molecule has 2 rings (SSSR count). The fourth-order valence-electron chi connectivity index (χ4n) is 2.23. The number of allylic oxidation sites excluding steroid dienone is 6. The summed E-state index contributed by atoms with van der Waals surface area (Å²) < 4.78 is 0. The lowest BCUT2D eigenvalue weighted by Gasteiger charge is -2.04. The van der Waals surface area contributed by atoms with E-state index in [4.69, 9.17) is 0 Å². The van der Waals surface area contributed by atoms with Crippen molar-refractivity contribution in [1.29, 1.82) is 0 Å². The Morgan fingerprint density at radius 3 is 2.61 bits per heavy atom. The highest BCUT2D eigenvalue weighted by Crippen LogP contribution is 2.27. The van der Waals surface area contributed by atoms with Crippen molar-refractivity contribution < 1.29 is 5.11 Å². The van der Waals surface area contributed by atoms with Crippen LogP contribution in [0.1, 0.15) is 29.4 Å². The van der Waals surface area contributed by atoms with Gasteiger partial charge < -0.3 is 15.1 Å². The van der Waals surface area contributed by atoms with Crippen LogP contribution >= 0.6 is 0 Å². The van der Waals surface area contributed by atoms with Crippen LogP contribution in [0.15, 0.2) is 61.9 Å². The number of H-pyrrole nitrogens is 2. The standard InChI is InChI=1S/C19H21N3O/c1-5-15(19-11-20-12-22-19)9-17-14(4)21-10-18(17)13(3)7-8-16(23)6-2/h5-12,21,23H,1-2H2,3-4H3,(H,20,22)/b13-7+,15-9+,16-8+. The number of aliphatic hydroxyl groups excluding tert-OH is 1. The molecule has 0 aliphatic carbocycles. The van der Waals surface area contributed by atoms with Crippen molar-refractivity contribution in [3.05, 3.63) is 84.5 Å². The fourth-order valence-corrected chi connectivity index (χ4v) is 2.23. The van der Waals surface area contributed by atoms with E-state index in [0.717, 1.165) is 33.7 Å². The lowest BCUT2D eigenvalue weighted by molar-refractivity contribution is 0.433. The molecule has 0 aromatic carbocycles. The van der Waals surface area contributed by atoms with Gasteiger partial charge in [-0.05, 0) is 43.2 Å². The summed E-state index contributed by atoms with van der Waals surface area (Å²) in [6.07, 6.45) is 14.1. The molecule has 0 amide bonds. The minimum Gasteiger partial charge on any atom is -0.508 e. The van der Waals surface area contributed by atoms with Crippen molar-refractivity contribution in [2.75, 3.05) is 0 Å². The van der Waals surface area contributed by atoms with E-state index in [1.54, 1.807) is 24.7 Å². The van der Waals surface area contributed by atoms with E-state index in [2.05, 4.69) is 34.2 Å². The molecule has 0 saturated carbocycles. The molecule has 2 aromatic rings. The molecule has 23 heavy (non-hydrogen) atoms. The summed E-state index contributed by atoms with van der Waals surface area (Å²) in [6.45, 7) is 11.4. The molecule has 0 spiro atoms. The van der Waals surface area contributed by atoms with Crippen molar-refractivity contribution in [2.45, 2.75) is 13.8 Å². The van der Waals surface area contributed by atoms with Crippen molar-refractivity contribution >= 4 is 17.2 Å². The van der Waals surface area contributed by atoms with Gasteiger partial charge in [0, 0.05) is 23.0 Å². The Morgan fingerprint density at radius 2 is 2.00 bits per heavy atom. The Kier molecular flexibility index (Phi) is 5.20. The van der Waals surface area contributed by atoms with Gasteiger partial charge in [-0.2, -0.15) is 0 Å². The van der Waals surface area contributed by atoms with Crippen molar-refractivity contribution in [1.82, 2.24) is 15.0 Å². The predicted octanol–water partition coefficient (Wildman–Crippen LogP) is 4.80. The van der Waals surface area contributed by atoms with Crippen LogP contribution in [0.5, 0.6) is 0 Å². The first-order chi connectivity index (χ1) is 11.1. The molecule has 2 heterocycles. The van der Waals surface area contributed by atoms with E-state index < -0.39 is 0 Å². The van der Waals surface area contributed by atoms with E-state index in [1.165, 1.54) is 6.08 Å². The van der Waals surface area contributed by atoms with Crippen LogP contribution in [0.3, 0.4) is 0 Å². The minimum atomic E-state index is 0.137. The maximum absolute atomic E-state index is 9.49. The summed E-state index contributed by atoms with van der Waals surface area (Å²) in [5.74, 6) is 0.137. The van der Waals surface area contributed by atoms with Crippen LogP contribution in [0.4, 0.5) is 0 Å². The number of hydrogen-bond donors (Lipinski definition) is 3. The number of aromatic nitrogens is 3. The third kappa shape index (κ3) is 3.80. The van der Waals surface area contributed by atoms with Crippen LogP contribution in [0, 0.1) is 6.92 Å². The van der Waals surface area contributed by atoms with Crippen LogP contribution in [-0.2, 0) is 0 Å². The van der Waals surface area contributed by atoms with Crippen molar-refractivity contribution in [3.63, 3.8) is 0 Å². The number of imidazole rings is 1. The maximum Gasteiger partial charge on any atom is 0.114 e. The van der Waals surface area contributed by atoms with Gasteiger partial charge in [-0.3, -0.25) is 0 Å². The Bertz CT molecular complexity index is 787. The number of rotatable bonds is 6. The number of nitrogens with zero attached hydrogens (tertiary/aromatic N) is 1. The molecule has 4 nitrogen and oxygen atoms in total. The molecule has 0 unspecified atom stereocenters. The number of aromatic amines is 2. The predicted molar refractivity (Wildman–Crippen MR) is 96.7 cm³/mol. The molecule has 118 valence electrons. The zero-order chi connectivity index (χ0) is 16.8. The Morgan fingerprint density at radius 1 is 1.22 bits per heavy atom. The molecule has 0 saturated heterocycles. The van der Waals surface area contributed by atoms with Gasteiger partial charge in [-0.25, -0.2) is 4.98 Å². The summed E-state index contributed by atoms with van der Waals surface area (Å²) >= 11 is 0. The van der Waals surface area contributed by atoms with E-state index in [-0.39, 0.29) is 5.76 Å². The summed E-state index contributed by atoms with van der Waals surface area (Å²) in [4.78, 5) is 10.4. The highest BCUT2D eigenvalue weighted by Gasteiger charge is 2.09. The van der Waals surface area contributed by atoms with Crippen LogP contribution < -0.4 is 0 Å². The topological polar surface area (TPSA) is 64.7 Å². The first-order valence-electron chi connectivity index (χ1n) is 7.28. The third-order valence-electron chi connectivity index (χ3n) is 3.59. The first-order valence-corrected chi connectivity index (χ1v) is 7.28. The zero-order valence-electron chi connectivity index (χ0n) is 13.4. The highest BCUT2D eigenvalue weighted by molar-refractivity contribution is 5.89. The van der Waals surface area contributed by atoms with Crippen molar-refractivity contribution in [3.8, 4) is 0 Å². The third-order valence-corrected chi connectivity index (χ3v) is 3.59. The van der Waals surface area contributed by atoms with Gasteiger partial charge in [0.05, 0.1) is 18.2 Å². The number of aryl methyl sites for hydroxylation is 1. The maximum atomic E-state index is 9.49. The quantitative estimate of drug-likeness (QED) is 0.530. The Labute approximate surface area is 136 Å². The minimum absolute atomic E-state index is 0.137. The van der Waals surface area contributed by atoms with E-state index in [1.807, 2.05) is 26.1 Å². The summed E-state index contributed by atoms with van der Waals surface area (Å²) in [7, 11) is 0. The summed E-state index contributed by atoms with van der Waals surface area (Å²) in [6, 6.07) is 0. The lowest BCUT2D eigenvalue weighted by atomic mass is 10.0.